The van der Waals surface area contributed by atoms with Gasteiger partial charge in [0.2, 0.25) is 0 Å². The highest BCUT2D eigenvalue weighted by Gasteiger charge is 2.00. The largest absolute Gasteiger partial charge is 0.492 e. The summed E-state index contributed by atoms with van der Waals surface area (Å²) >= 11 is 0. The Balaban J connectivity index is 0.00000441. The van der Waals surface area contributed by atoms with Crippen LogP contribution in [0.5, 0.6) is 5.75 Å². The van der Waals surface area contributed by atoms with Crippen LogP contribution < -0.4 is 15.8 Å². The van der Waals surface area contributed by atoms with Crippen molar-refractivity contribution < 1.29 is 9.47 Å². The molecule has 7 heteroatoms. The van der Waals surface area contributed by atoms with E-state index in [4.69, 9.17) is 15.2 Å². The average molecular weight is 422 g/mol. The van der Waals surface area contributed by atoms with Gasteiger partial charge in [0.15, 0.2) is 5.96 Å². The van der Waals surface area contributed by atoms with Crippen LogP contribution in [-0.4, -0.2) is 58.4 Å². The van der Waals surface area contributed by atoms with Crippen LogP contribution in [-0.2, 0) is 11.3 Å². The van der Waals surface area contributed by atoms with E-state index >= 15 is 0 Å². The Hall–Kier alpha value is -1.06. The van der Waals surface area contributed by atoms with Gasteiger partial charge in [-0.2, -0.15) is 0 Å². The monoisotopic (exact) mass is 422 g/mol. The molecule has 0 saturated heterocycles. The van der Waals surface area contributed by atoms with Gasteiger partial charge in [-0.15, -0.1) is 24.0 Å². The Morgan fingerprint density at radius 3 is 2.73 bits per heavy atom. The molecule has 22 heavy (non-hydrogen) atoms. The Morgan fingerprint density at radius 2 is 2.05 bits per heavy atom. The molecule has 0 amide bonds. The van der Waals surface area contributed by atoms with Crippen LogP contribution >= 0.6 is 24.0 Å². The van der Waals surface area contributed by atoms with Crippen molar-refractivity contribution in [2.24, 2.45) is 10.7 Å². The van der Waals surface area contributed by atoms with Crippen LogP contribution in [0, 0.1) is 0 Å². The fraction of sp³-hybridized carbons (Fsp3) is 0.533. The van der Waals surface area contributed by atoms with E-state index in [2.05, 4.69) is 22.3 Å². The van der Waals surface area contributed by atoms with Crippen LogP contribution in [0.3, 0.4) is 0 Å². The van der Waals surface area contributed by atoms with Gasteiger partial charge in [-0.05, 0) is 24.7 Å². The minimum absolute atomic E-state index is 0. The van der Waals surface area contributed by atoms with Gasteiger partial charge in [-0.25, -0.2) is 0 Å². The maximum absolute atomic E-state index is 5.76. The lowest BCUT2D eigenvalue weighted by molar-refractivity contribution is 0.150. The van der Waals surface area contributed by atoms with Gasteiger partial charge in [0.25, 0.3) is 0 Å². The molecular weight excluding hydrogens is 395 g/mol. The van der Waals surface area contributed by atoms with Gasteiger partial charge in [0, 0.05) is 33.8 Å². The lowest BCUT2D eigenvalue weighted by atomic mass is 10.2. The molecule has 0 fully saturated rings. The number of rotatable bonds is 9. The third-order valence-electron chi connectivity index (χ3n) is 3.03. The summed E-state index contributed by atoms with van der Waals surface area (Å²) in [6.45, 7) is 3.78. The summed E-state index contributed by atoms with van der Waals surface area (Å²) in [5.74, 6) is 1.29. The van der Waals surface area contributed by atoms with Crippen molar-refractivity contribution in [2.45, 2.75) is 6.54 Å². The Labute approximate surface area is 150 Å². The van der Waals surface area contributed by atoms with Crippen LogP contribution in [0.15, 0.2) is 29.3 Å². The smallest absolute Gasteiger partial charge is 0.188 e. The minimum Gasteiger partial charge on any atom is -0.492 e. The number of hydrogen-bond donors (Lipinski definition) is 2. The second-order valence-corrected chi connectivity index (χ2v) is 4.75. The highest BCUT2D eigenvalue weighted by molar-refractivity contribution is 14.0. The Kier molecular flexibility index (Phi) is 11.9. The third kappa shape index (κ3) is 9.06. The number of nitrogens with one attached hydrogen (secondary N) is 1. The summed E-state index contributed by atoms with van der Waals surface area (Å²) in [5.41, 5.74) is 6.71. The number of likely N-dealkylation sites (N-methyl/N-ethyl adjacent to an activating group) is 1. The number of benzene rings is 1. The first-order valence-electron chi connectivity index (χ1n) is 7.01. The van der Waals surface area contributed by atoms with E-state index in [-0.39, 0.29) is 24.0 Å². The highest BCUT2D eigenvalue weighted by Crippen LogP contribution is 2.13. The van der Waals surface area contributed by atoms with Gasteiger partial charge >= 0.3 is 0 Å². The second kappa shape index (κ2) is 12.5. The van der Waals surface area contributed by atoms with Crippen molar-refractivity contribution in [3.63, 3.8) is 0 Å². The lowest BCUT2D eigenvalue weighted by Gasteiger charge is -2.16. The molecule has 1 rings (SSSR count). The topological polar surface area (TPSA) is 72.1 Å². The second-order valence-electron chi connectivity index (χ2n) is 4.75. The summed E-state index contributed by atoms with van der Waals surface area (Å²) in [7, 11) is 5.41. The molecule has 0 heterocycles. The predicted octanol–water partition coefficient (Wildman–Crippen LogP) is 1.30. The predicted molar refractivity (Wildman–Crippen MR) is 101 cm³/mol. The van der Waals surface area contributed by atoms with Crippen molar-refractivity contribution in [1.29, 1.82) is 0 Å². The van der Waals surface area contributed by atoms with Gasteiger partial charge in [0.05, 0.1) is 6.61 Å². The molecule has 0 unspecified atom stereocenters. The molecule has 0 spiro atoms. The van der Waals surface area contributed by atoms with Crippen LogP contribution in [0.4, 0.5) is 0 Å². The molecule has 0 saturated carbocycles. The zero-order valence-electron chi connectivity index (χ0n) is 13.5. The zero-order valence-corrected chi connectivity index (χ0v) is 15.9. The standard InChI is InChI=1S/C15H26N4O2.HI/c1-17-15(16)18-12-13-5-4-6-14(11-13)21-10-8-19(2)7-9-20-3;/h4-6,11H,7-10,12H2,1-3H3,(H3,16,17,18);1H. The van der Waals surface area contributed by atoms with E-state index in [0.29, 0.717) is 19.1 Å². The molecule has 0 radical (unpaired) electrons. The van der Waals surface area contributed by atoms with Crippen LogP contribution in [0.1, 0.15) is 5.56 Å². The Bertz CT molecular complexity index is 443. The number of nitrogens with two attached hydrogens (primary N) is 1. The molecule has 126 valence electrons. The number of halogens is 1. The molecule has 3 N–H and O–H groups in total. The fourth-order valence-corrected chi connectivity index (χ4v) is 1.70. The van der Waals surface area contributed by atoms with Crippen molar-refractivity contribution in [3.8, 4) is 5.75 Å². The third-order valence-corrected chi connectivity index (χ3v) is 3.03. The summed E-state index contributed by atoms with van der Waals surface area (Å²) in [6, 6.07) is 7.95. The summed E-state index contributed by atoms with van der Waals surface area (Å²) in [5, 5.41) is 3.02. The average Bonchev–Trinajstić information content (AvgIpc) is 2.51. The number of nitrogens with zero attached hydrogens (tertiary/aromatic N) is 2. The zero-order chi connectivity index (χ0) is 15.5. The summed E-state index contributed by atoms with van der Waals surface area (Å²) < 4.78 is 10.8. The molecule has 1 aromatic rings. The SMILES string of the molecule is CN=C(N)NCc1cccc(OCCN(C)CCOC)c1.I. The molecule has 0 aromatic heterocycles. The number of aliphatic imine (C=N–C) groups is 1. The van der Waals surface area contributed by atoms with E-state index in [1.54, 1.807) is 14.2 Å². The van der Waals surface area contributed by atoms with E-state index < -0.39 is 0 Å². The number of ether oxygens (including phenoxy) is 2. The molecule has 1 aromatic carbocycles. The van der Waals surface area contributed by atoms with Gasteiger partial charge < -0.3 is 25.4 Å². The van der Waals surface area contributed by atoms with Gasteiger partial charge in [0.1, 0.15) is 12.4 Å². The maximum atomic E-state index is 5.76. The first-order chi connectivity index (χ1) is 10.2. The first-order valence-corrected chi connectivity index (χ1v) is 7.01. The molecule has 0 aliphatic carbocycles. The van der Waals surface area contributed by atoms with Crippen LogP contribution in [0.25, 0.3) is 0 Å². The van der Waals surface area contributed by atoms with E-state index in [1.807, 2.05) is 24.3 Å². The van der Waals surface area contributed by atoms with E-state index in [1.165, 1.54) is 0 Å². The van der Waals surface area contributed by atoms with E-state index in [9.17, 15) is 0 Å². The lowest BCUT2D eigenvalue weighted by Crippen LogP contribution is -2.30. The molecule has 6 nitrogen and oxygen atoms in total. The van der Waals surface area contributed by atoms with Crippen molar-refractivity contribution >= 4 is 29.9 Å². The quantitative estimate of drug-likeness (QED) is 0.357. The molecule has 0 atom stereocenters. The highest BCUT2D eigenvalue weighted by atomic mass is 127. The van der Waals surface area contributed by atoms with Crippen molar-refractivity contribution in [2.75, 3.05) is 47.5 Å². The Morgan fingerprint density at radius 1 is 1.32 bits per heavy atom. The number of methoxy groups -OCH3 is 1. The van der Waals surface area contributed by atoms with Gasteiger partial charge in [-0.1, -0.05) is 12.1 Å². The van der Waals surface area contributed by atoms with E-state index in [0.717, 1.165) is 31.0 Å². The molecule has 0 aliphatic heterocycles. The fourth-order valence-electron chi connectivity index (χ4n) is 1.70. The summed E-state index contributed by atoms with van der Waals surface area (Å²) in [4.78, 5) is 6.03. The molecule has 0 bridgehead atoms. The molecule has 0 aliphatic rings. The summed E-state index contributed by atoms with van der Waals surface area (Å²) in [6.07, 6.45) is 0. The van der Waals surface area contributed by atoms with Crippen molar-refractivity contribution in [3.05, 3.63) is 29.8 Å². The maximum Gasteiger partial charge on any atom is 0.188 e. The van der Waals surface area contributed by atoms with Crippen molar-refractivity contribution in [1.82, 2.24) is 10.2 Å². The molecular formula is C15H27IN4O2. The normalized spacial score (nSPS) is 11.2. The first kappa shape index (κ1) is 20.9. The van der Waals surface area contributed by atoms with Gasteiger partial charge in [-0.3, -0.25) is 4.99 Å². The van der Waals surface area contributed by atoms with Crippen LogP contribution in [0.2, 0.25) is 0 Å². The number of guanidine groups is 1. The minimum atomic E-state index is 0. The number of hydrogen-bond acceptors (Lipinski definition) is 4.